The number of hydrogen-bond acceptors (Lipinski definition) is 3. The lowest BCUT2D eigenvalue weighted by Gasteiger charge is -2.13. The van der Waals surface area contributed by atoms with E-state index in [1.54, 1.807) is 0 Å². The smallest absolute Gasteiger partial charge is 0.387 e. The van der Waals surface area contributed by atoms with Gasteiger partial charge >= 0.3 is 6.18 Å². The Hall–Kier alpha value is -0.920. The van der Waals surface area contributed by atoms with Crippen molar-refractivity contribution in [3.05, 3.63) is 22.2 Å². The minimum absolute atomic E-state index is 0.149. The molecule has 2 rings (SSSR count). The van der Waals surface area contributed by atoms with E-state index in [1.165, 1.54) is 12.1 Å². The van der Waals surface area contributed by atoms with Crippen molar-refractivity contribution in [1.29, 1.82) is 0 Å². The van der Waals surface area contributed by atoms with Gasteiger partial charge in [0.1, 0.15) is 5.84 Å². The van der Waals surface area contributed by atoms with Gasteiger partial charge in [-0.15, -0.1) is 11.8 Å². The van der Waals surface area contributed by atoms with Crippen molar-refractivity contribution in [2.24, 2.45) is 21.1 Å². The molecule has 0 aliphatic heterocycles. The van der Waals surface area contributed by atoms with Gasteiger partial charge in [0.25, 0.3) is 0 Å². The van der Waals surface area contributed by atoms with E-state index < -0.39 is 11.9 Å². The number of nitrogens with two attached hydrogens (primary N) is 1. The summed E-state index contributed by atoms with van der Waals surface area (Å²) in [7, 11) is 0. The number of halogens is 5. The molecule has 9 heteroatoms. The highest BCUT2D eigenvalue weighted by molar-refractivity contribution is 7.99. The molecule has 0 bridgehead atoms. The third-order valence-electron chi connectivity index (χ3n) is 3.44. The molecular formula is C14H14Cl2F3N3S. The standard InChI is InChI=1S/C14H14Cl2F3N3S/c1-21-6-13(2-3-13)12(20)22-10-5-11(9(16)4-8(10)15)23-7-14(17,18)19/h4-5H,1-3,6-7H2,(H2,20,22). The highest BCUT2D eigenvalue weighted by Gasteiger charge is 2.46. The second-order valence-electron chi connectivity index (χ2n) is 5.30. The van der Waals surface area contributed by atoms with Gasteiger partial charge in [-0.1, -0.05) is 23.2 Å². The summed E-state index contributed by atoms with van der Waals surface area (Å²) in [5.41, 5.74) is 6.01. The van der Waals surface area contributed by atoms with Gasteiger partial charge in [-0.3, -0.25) is 4.99 Å². The Labute approximate surface area is 146 Å². The van der Waals surface area contributed by atoms with E-state index in [-0.39, 0.29) is 20.4 Å². The number of thioether (sulfide) groups is 1. The van der Waals surface area contributed by atoms with Crippen LogP contribution in [0.15, 0.2) is 27.0 Å². The second kappa shape index (κ2) is 6.91. The molecule has 23 heavy (non-hydrogen) atoms. The van der Waals surface area contributed by atoms with Gasteiger partial charge in [0.15, 0.2) is 0 Å². The van der Waals surface area contributed by atoms with Crippen LogP contribution in [0.4, 0.5) is 18.9 Å². The van der Waals surface area contributed by atoms with Gasteiger partial charge in [-0.2, -0.15) is 13.2 Å². The summed E-state index contributed by atoms with van der Waals surface area (Å²) in [6.45, 7) is 3.91. The molecule has 0 radical (unpaired) electrons. The van der Waals surface area contributed by atoms with E-state index in [0.717, 1.165) is 12.8 Å². The molecule has 0 aromatic heterocycles. The van der Waals surface area contributed by atoms with Gasteiger partial charge in [0.05, 0.1) is 28.0 Å². The number of nitrogens with zero attached hydrogens (tertiary/aromatic N) is 2. The highest BCUT2D eigenvalue weighted by Crippen LogP contribution is 2.47. The molecule has 0 heterocycles. The first-order valence-corrected chi connectivity index (χ1v) is 8.37. The minimum atomic E-state index is -4.29. The Bertz CT molecular complexity index is 643. The fourth-order valence-corrected chi connectivity index (χ4v) is 3.28. The first-order chi connectivity index (χ1) is 10.7. The summed E-state index contributed by atoms with van der Waals surface area (Å²) in [5.74, 6) is -0.682. The molecule has 1 saturated carbocycles. The van der Waals surface area contributed by atoms with E-state index in [9.17, 15) is 13.2 Å². The van der Waals surface area contributed by atoms with Gasteiger partial charge in [0, 0.05) is 10.3 Å². The third kappa shape index (κ3) is 4.78. The maximum absolute atomic E-state index is 12.4. The van der Waals surface area contributed by atoms with Crippen LogP contribution in [0.3, 0.4) is 0 Å². The Balaban J connectivity index is 2.27. The lowest BCUT2D eigenvalue weighted by molar-refractivity contribution is -0.105. The molecule has 0 amide bonds. The molecule has 0 unspecified atom stereocenters. The summed E-state index contributed by atoms with van der Waals surface area (Å²) in [5, 5.41) is 0.382. The molecule has 1 aliphatic carbocycles. The molecule has 1 aromatic carbocycles. The molecule has 1 aromatic rings. The quantitative estimate of drug-likeness (QED) is 0.421. The fourth-order valence-electron chi connectivity index (χ4n) is 1.98. The van der Waals surface area contributed by atoms with Crippen LogP contribution in [0.1, 0.15) is 12.8 Å². The Kier molecular flexibility index (Phi) is 5.53. The Morgan fingerprint density at radius 1 is 1.30 bits per heavy atom. The number of alkyl halides is 3. The lowest BCUT2D eigenvalue weighted by Crippen LogP contribution is -2.27. The van der Waals surface area contributed by atoms with Gasteiger partial charge < -0.3 is 5.73 Å². The van der Waals surface area contributed by atoms with E-state index in [4.69, 9.17) is 28.9 Å². The summed E-state index contributed by atoms with van der Waals surface area (Å²) < 4.78 is 37.1. The first-order valence-electron chi connectivity index (χ1n) is 6.62. The highest BCUT2D eigenvalue weighted by atomic mass is 35.5. The molecule has 0 spiro atoms. The molecule has 3 nitrogen and oxygen atoms in total. The van der Waals surface area contributed by atoms with E-state index in [1.807, 2.05) is 0 Å². The van der Waals surface area contributed by atoms with Crippen molar-refractivity contribution in [3.63, 3.8) is 0 Å². The van der Waals surface area contributed by atoms with Crippen molar-refractivity contribution in [2.45, 2.75) is 23.9 Å². The number of hydrogen-bond donors (Lipinski definition) is 1. The predicted molar refractivity (Wildman–Crippen MR) is 90.6 cm³/mol. The maximum Gasteiger partial charge on any atom is 0.398 e. The van der Waals surface area contributed by atoms with Crippen molar-refractivity contribution >= 4 is 53.2 Å². The zero-order chi connectivity index (χ0) is 17.3. The zero-order valence-corrected chi connectivity index (χ0v) is 14.3. The molecule has 0 saturated heterocycles. The third-order valence-corrected chi connectivity index (χ3v) is 5.29. The van der Waals surface area contributed by atoms with E-state index in [0.29, 0.717) is 29.8 Å². The number of aliphatic imine (C=N–C) groups is 2. The second-order valence-corrected chi connectivity index (χ2v) is 7.13. The molecule has 1 aliphatic rings. The molecular weight excluding hydrogens is 370 g/mol. The molecule has 2 N–H and O–H groups in total. The largest absolute Gasteiger partial charge is 0.398 e. The van der Waals surface area contributed by atoms with Crippen molar-refractivity contribution in [1.82, 2.24) is 0 Å². The van der Waals surface area contributed by atoms with E-state index >= 15 is 0 Å². The van der Waals surface area contributed by atoms with Crippen LogP contribution in [0.25, 0.3) is 0 Å². The lowest BCUT2D eigenvalue weighted by atomic mass is 10.1. The average molecular weight is 384 g/mol. The normalized spacial score (nSPS) is 17.2. The van der Waals surface area contributed by atoms with E-state index in [2.05, 4.69) is 16.7 Å². The summed E-state index contributed by atoms with van der Waals surface area (Å²) in [4.78, 5) is 8.38. The summed E-state index contributed by atoms with van der Waals surface area (Å²) in [6, 6.07) is 2.80. The first kappa shape index (κ1) is 18.4. The van der Waals surface area contributed by atoms with Crippen molar-refractivity contribution in [3.8, 4) is 0 Å². The topological polar surface area (TPSA) is 50.7 Å². The minimum Gasteiger partial charge on any atom is -0.387 e. The van der Waals surface area contributed by atoms with Crippen LogP contribution >= 0.6 is 35.0 Å². The monoisotopic (exact) mass is 383 g/mol. The zero-order valence-electron chi connectivity index (χ0n) is 12.0. The molecule has 126 valence electrons. The number of amidine groups is 1. The van der Waals surface area contributed by atoms with Crippen LogP contribution in [0.5, 0.6) is 0 Å². The van der Waals surface area contributed by atoms with Crippen LogP contribution < -0.4 is 5.73 Å². The maximum atomic E-state index is 12.4. The van der Waals surface area contributed by atoms with Crippen molar-refractivity contribution in [2.75, 3.05) is 12.3 Å². The number of rotatable bonds is 6. The van der Waals surface area contributed by atoms with Crippen LogP contribution in [0, 0.1) is 5.41 Å². The SMILES string of the molecule is C=NCC1(C(N)=Nc2cc(SCC(F)(F)F)c(Cl)cc2Cl)CC1. The van der Waals surface area contributed by atoms with Crippen LogP contribution in [-0.2, 0) is 0 Å². The fraction of sp³-hybridized carbons (Fsp3) is 0.429. The Morgan fingerprint density at radius 2 is 1.96 bits per heavy atom. The Morgan fingerprint density at radius 3 is 2.48 bits per heavy atom. The molecule has 0 atom stereocenters. The predicted octanol–water partition coefficient (Wildman–Crippen LogP) is 5.12. The van der Waals surface area contributed by atoms with Crippen LogP contribution in [-0.4, -0.2) is 31.0 Å². The molecule has 1 fully saturated rings. The van der Waals surface area contributed by atoms with Gasteiger partial charge in [0.2, 0.25) is 0 Å². The average Bonchev–Trinajstić information content (AvgIpc) is 3.21. The number of benzene rings is 1. The van der Waals surface area contributed by atoms with Crippen molar-refractivity contribution < 1.29 is 13.2 Å². The van der Waals surface area contributed by atoms with Gasteiger partial charge in [-0.05, 0) is 31.7 Å². The summed E-state index contributed by atoms with van der Waals surface area (Å²) >= 11 is 12.6. The van der Waals surface area contributed by atoms with Crippen LogP contribution in [0.2, 0.25) is 10.0 Å². The van der Waals surface area contributed by atoms with Gasteiger partial charge in [-0.25, -0.2) is 4.99 Å². The summed E-state index contributed by atoms with van der Waals surface area (Å²) in [6.07, 6.45) is -2.59.